The molecule has 1 aromatic rings. The molecule has 0 N–H and O–H groups in total. The molecule has 0 aromatic heterocycles. The molecule has 0 unspecified atom stereocenters. The van der Waals surface area contributed by atoms with Crippen LogP contribution < -0.4 is 4.90 Å². The molecule has 3 rings (SSSR count). The first-order valence-electron chi connectivity index (χ1n) is 8.19. The average molecular weight is 365 g/mol. The summed E-state index contributed by atoms with van der Waals surface area (Å²) in [4.78, 5) is 31.2. The van der Waals surface area contributed by atoms with Crippen LogP contribution in [-0.2, 0) is 14.4 Å². The smallest absolute Gasteiger partial charge is 0.261 e. The highest BCUT2D eigenvalue weighted by atomic mass is 35.5. The van der Waals surface area contributed by atoms with Crippen LogP contribution in [0.2, 0.25) is 5.02 Å². The second kappa shape index (κ2) is 6.96. The quantitative estimate of drug-likeness (QED) is 0.461. The van der Waals surface area contributed by atoms with Gasteiger partial charge in [-0.3, -0.25) is 9.59 Å². The number of benzene rings is 1. The summed E-state index contributed by atoms with van der Waals surface area (Å²) < 4.78 is 14.4. The molecule has 1 heterocycles. The topological polar surface area (TPSA) is 59.0 Å². The van der Waals surface area contributed by atoms with Gasteiger partial charge in [-0.05, 0) is 51.7 Å². The first kappa shape index (κ1) is 17.6. The lowest BCUT2D eigenvalue weighted by Gasteiger charge is -2.17. The number of carbonyl (C=O) groups excluding carboxylic acids is 2. The van der Waals surface area contributed by atoms with Crippen LogP contribution in [0.3, 0.4) is 0 Å². The zero-order valence-corrected chi connectivity index (χ0v) is 14.8. The summed E-state index contributed by atoms with van der Waals surface area (Å²) in [5.74, 6) is -1.61. The van der Waals surface area contributed by atoms with Crippen molar-refractivity contribution >= 4 is 35.3 Å². The lowest BCUT2D eigenvalue weighted by molar-refractivity contribution is -0.120. The Hall–Kier alpha value is -2.21. The Bertz CT molecular complexity index is 774. The number of halogens is 2. The molecule has 0 atom stereocenters. The predicted molar refractivity (Wildman–Crippen MR) is 93.2 cm³/mol. The van der Waals surface area contributed by atoms with Gasteiger partial charge in [0.15, 0.2) is 0 Å². The summed E-state index contributed by atoms with van der Waals surface area (Å²) in [7, 11) is 0. The highest BCUT2D eigenvalue weighted by molar-refractivity contribution is 6.35. The summed E-state index contributed by atoms with van der Waals surface area (Å²) >= 11 is 6.03. The van der Waals surface area contributed by atoms with Gasteiger partial charge in [-0.25, -0.2) is 9.29 Å². The number of rotatable bonds is 4. The van der Waals surface area contributed by atoms with E-state index in [1.54, 1.807) is 0 Å². The molecule has 0 radical (unpaired) electrons. The number of carbonyl (C=O) groups is 2. The summed E-state index contributed by atoms with van der Waals surface area (Å²) in [6.07, 6.45) is 4.06. The lowest BCUT2D eigenvalue weighted by atomic mass is 9.93. The monoisotopic (exact) mass is 364 g/mol. The van der Waals surface area contributed by atoms with Gasteiger partial charge in [-0.1, -0.05) is 16.8 Å². The fraction of sp³-hybridized carbons (Fsp3) is 0.389. The molecule has 0 saturated carbocycles. The van der Waals surface area contributed by atoms with Crippen LogP contribution in [0.1, 0.15) is 45.1 Å². The van der Waals surface area contributed by atoms with Gasteiger partial charge in [0.05, 0.1) is 16.9 Å². The number of anilines is 1. The maximum absolute atomic E-state index is 14.4. The first-order valence-corrected chi connectivity index (χ1v) is 8.57. The summed E-state index contributed by atoms with van der Waals surface area (Å²) in [5, 5.41) is 3.90. The number of hydrogen-bond acceptors (Lipinski definition) is 4. The standard InChI is InChI=1S/C18H18ClFN2O3/c1-10(2)25-21-9-11-7-16(15(20)8-14(11)19)22-17(23)12-5-3-4-6-13(12)18(22)24/h7-10H,3-6H2,1-2H3/b21-9+. The highest BCUT2D eigenvalue weighted by Crippen LogP contribution is 2.37. The predicted octanol–water partition coefficient (Wildman–Crippen LogP) is 3.98. The fourth-order valence-electron chi connectivity index (χ4n) is 2.99. The molecule has 1 aromatic carbocycles. The zero-order chi connectivity index (χ0) is 18.1. The van der Waals surface area contributed by atoms with Crippen molar-refractivity contribution in [2.45, 2.75) is 45.6 Å². The van der Waals surface area contributed by atoms with E-state index in [1.807, 2.05) is 13.8 Å². The van der Waals surface area contributed by atoms with Crippen LogP contribution in [-0.4, -0.2) is 24.1 Å². The second-order valence-corrected chi connectivity index (χ2v) is 6.73. The Balaban J connectivity index is 1.96. The Morgan fingerprint density at radius 2 is 1.80 bits per heavy atom. The van der Waals surface area contributed by atoms with Gasteiger partial charge in [0.1, 0.15) is 11.9 Å². The van der Waals surface area contributed by atoms with Crippen molar-refractivity contribution in [1.82, 2.24) is 0 Å². The minimum atomic E-state index is -0.728. The van der Waals surface area contributed by atoms with E-state index in [-0.39, 0.29) is 16.8 Å². The number of hydrogen-bond donors (Lipinski definition) is 0. The van der Waals surface area contributed by atoms with Gasteiger partial charge >= 0.3 is 0 Å². The van der Waals surface area contributed by atoms with Crippen molar-refractivity contribution in [3.63, 3.8) is 0 Å². The molecular formula is C18H18ClFN2O3. The summed E-state index contributed by atoms with van der Waals surface area (Å²) in [5.41, 5.74) is 1.26. The second-order valence-electron chi connectivity index (χ2n) is 6.32. The summed E-state index contributed by atoms with van der Waals surface area (Å²) in [6, 6.07) is 2.42. The molecule has 25 heavy (non-hydrogen) atoms. The van der Waals surface area contributed by atoms with Gasteiger partial charge in [0, 0.05) is 16.7 Å². The third-order valence-electron chi connectivity index (χ3n) is 4.16. The molecule has 2 aliphatic rings. The zero-order valence-electron chi connectivity index (χ0n) is 14.0. The van der Waals surface area contributed by atoms with E-state index in [1.165, 1.54) is 12.3 Å². The van der Waals surface area contributed by atoms with Gasteiger partial charge in [0.2, 0.25) is 0 Å². The van der Waals surface area contributed by atoms with Crippen molar-refractivity contribution in [3.8, 4) is 0 Å². The van der Waals surface area contributed by atoms with Crippen molar-refractivity contribution < 1.29 is 18.8 Å². The van der Waals surface area contributed by atoms with E-state index in [0.717, 1.165) is 23.8 Å². The molecular weight excluding hydrogens is 347 g/mol. The van der Waals surface area contributed by atoms with Gasteiger partial charge in [-0.15, -0.1) is 0 Å². The van der Waals surface area contributed by atoms with Crippen LogP contribution in [0.4, 0.5) is 10.1 Å². The van der Waals surface area contributed by atoms with E-state index < -0.39 is 17.6 Å². The Morgan fingerprint density at radius 1 is 1.20 bits per heavy atom. The molecule has 1 aliphatic carbocycles. The van der Waals surface area contributed by atoms with E-state index in [0.29, 0.717) is 29.6 Å². The van der Waals surface area contributed by atoms with E-state index in [2.05, 4.69) is 5.16 Å². The molecule has 1 aliphatic heterocycles. The van der Waals surface area contributed by atoms with Crippen LogP contribution in [0, 0.1) is 5.82 Å². The molecule has 5 nitrogen and oxygen atoms in total. The third kappa shape index (κ3) is 3.31. The van der Waals surface area contributed by atoms with Crippen LogP contribution >= 0.6 is 11.6 Å². The molecule has 132 valence electrons. The van der Waals surface area contributed by atoms with Gasteiger partial charge in [0.25, 0.3) is 11.8 Å². The number of oxime groups is 1. The van der Waals surface area contributed by atoms with Crippen LogP contribution in [0.5, 0.6) is 0 Å². The van der Waals surface area contributed by atoms with E-state index in [9.17, 15) is 14.0 Å². The molecule has 0 saturated heterocycles. The fourth-order valence-corrected chi connectivity index (χ4v) is 3.19. The largest absolute Gasteiger partial charge is 0.393 e. The highest BCUT2D eigenvalue weighted by Gasteiger charge is 2.40. The van der Waals surface area contributed by atoms with E-state index >= 15 is 0 Å². The van der Waals surface area contributed by atoms with Crippen LogP contribution in [0.15, 0.2) is 28.4 Å². The molecule has 0 fully saturated rings. The Kier molecular flexibility index (Phi) is 4.90. The first-order chi connectivity index (χ1) is 11.9. The van der Waals surface area contributed by atoms with Crippen molar-refractivity contribution in [2.24, 2.45) is 5.16 Å². The Morgan fingerprint density at radius 3 is 2.36 bits per heavy atom. The van der Waals surface area contributed by atoms with Crippen molar-refractivity contribution in [1.29, 1.82) is 0 Å². The minimum Gasteiger partial charge on any atom is -0.393 e. The maximum Gasteiger partial charge on any atom is 0.261 e. The third-order valence-corrected chi connectivity index (χ3v) is 4.49. The number of imide groups is 1. The maximum atomic E-state index is 14.4. The number of nitrogens with zero attached hydrogens (tertiary/aromatic N) is 2. The van der Waals surface area contributed by atoms with Gasteiger partial charge < -0.3 is 4.84 Å². The Labute approximate surface area is 150 Å². The SMILES string of the molecule is CC(C)O/N=C/c1cc(N2C(=O)C3=C(CCCC3)C2=O)c(F)cc1Cl. The van der Waals surface area contributed by atoms with Crippen molar-refractivity contribution in [3.05, 3.63) is 39.7 Å². The molecule has 0 bridgehead atoms. The molecule has 0 spiro atoms. The van der Waals surface area contributed by atoms with Gasteiger partial charge in [-0.2, -0.15) is 0 Å². The van der Waals surface area contributed by atoms with Crippen molar-refractivity contribution in [2.75, 3.05) is 4.90 Å². The minimum absolute atomic E-state index is 0.111. The normalized spacial score (nSPS) is 17.9. The molecule has 7 heteroatoms. The molecule has 2 amide bonds. The van der Waals surface area contributed by atoms with E-state index in [4.69, 9.17) is 16.4 Å². The lowest BCUT2D eigenvalue weighted by Crippen LogP contribution is -2.32. The van der Waals surface area contributed by atoms with Crippen LogP contribution in [0.25, 0.3) is 0 Å². The summed E-state index contributed by atoms with van der Waals surface area (Å²) in [6.45, 7) is 3.62. The number of amides is 2. The average Bonchev–Trinajstić information content (AvgIpc) is 2.81.